The molecule has 3 aromatic rings. The van der Waals surface area contributed by atoms with Gasteiger partial charge in [-0.15, -0.1) is 10.2 Å². The van der Waals surface area contributed by atoms with Crippen LogP contribution < -0.4 is 10.1 Å². The molecule has 0 radical (unpaired) electrons. The van der Waals surface area contributed by atoms with Crippen LogP contribution in [0.1, 0.15) is 12.5 Å². The summed E-state index contributed by atoms with van der Waals surface area (Å²) in [6.45, 7) is 1.94. The third-order valence-corrected chi connectivity index (χ3v) is 4.41. The molecule has 0 bridgehead atoms. The number of carbonyl (C=O) groups is 1. The highest BCUT2D eigenvalue weighted by Gasteiger charge is 2.08. The minimum absolute atomic E-state index is 0.122. The van der Waals surface area contributed by atoms with Crippen molar-refractivity contribution in [3.8, 4) is 17.5 Å². The number of carbonyl (C=O) groups excluding carboxylic acids is 1. The van der Waals surface area contributed by atoms with Gasteiger partial charge in [0.2, 0.25) is 5.91 Å². The monoisotopic (exact) mass is 379 g/mol. The number of anilines is 1. The topological polar surface area (TPSA) is 92.8 Å². The van der Waals surface area contributed by atoms with E-state index in [1.54, 1.807) is 24.5 Å². The van der Waals surface area contributed by atoms with Gasteiger partial charge >= 0.3 is 0 Å². The average molecular weight is 379 g/mol. The minimum atomic E-state index is -0.122. The summed E-state index contributed by atoms with van der Waals surface area (Å²) in [6, 6.07) is 16.6. The van der Waals surface area contributed by atoms with Gasteiger partial charge in [0.05, 0.1) is 23.9 Å². The first-order valence-electron chi connectivity index (χ1n) is 8.19. The Balaban J connectivity index is 1.60. The summed E-state index contributed by atoms with van der Waals surface area (Å²) >= 11 is 1.51. The third-order valence-electron chi connectivity index (χ3n) is 3.51. The second-order valence-corrected chi connectivity index (χ2v) is 6.61. The first-order chi connectivity index (χ1) is 13.2. The molecule has 0 atom stereocenters. The molecule has 0 aliphatic heterocycles. The van der Waals surface area contributed by atoms with Gasteiger partial charge in [-0.3, -0.25) is 9.36 Å². The molecule has 2 aromatic carbocycles. The van der Waals surface area contributed by atoms with Gasteiger partial charge in [0, 0.05) is 18.4 Å². The van der Waals surface area contributed by atoms with Crippen molar-refractivity contribution in [1.82, 2.24) is 14.8 Å². The number of ether oxygens (including phenoxy) is 1. The van der Waals surface area contributed by atoms with Crippen molar-refractivity contribution in [2.75, 3.05) is 17.7 Å². The van der Waals surface area contributed by atoms with Crippen LogP contribution in [0.2, 0.25) is 0 Å². The van der Waals surface area contributed by atoms with E-state index < -0.39 is 0 Å². The van der Waals surface area contributed by atoms with Gasteiger partial charge in [0.25, 0.3) is 0 Å². The van der Waals surface area contributed by atoms with Crippen molar-refractivity contribution in [2.45, 2.75) is 12.1 Å². The number of benzene rings is 2. The second kappa shape index (κ2) is 8.87. The van der Waals surface area contributed by atoms with Crippen LogP contribution in [-0.2, 0) is 4.79 Å². The highest BCUT2D eigenvalue weighted by Crippen LogP contribution is 2.22. The summed E-state index contributed by atoms with van der Waals surface area (Å²) in [5.41, 5.74) is 2.14. The van der Waals surface area contributed by atoms with Crippen molar-refractivity contribution in [3.63, 3.8) is 0 Å². The molecule has 136 valence electrons. The second-order valence-electron chi connectivity index (χ2n) is 5.55. The van der Waals surface area contributed by atoms with E-state index >= 15 is 0 Å². The first kappa shape index (κ1) is 18.5. The van der Waals surface area contributed by atoms with E-state index in [0.717, 1.165) is 10.8 Å². The van der Waals surface area contributed by atoms with Crippen LogP contribution in [0.25, 0.3) is 5.69 Å². The Bertz CT molecular complexity index is 980. The summed E-state index contributed by atoms with van der Waals surface area (Å²) in [7, 11) is 0. The SMILES string of the molecule is CC(=O)Nc1cccc(-n2cnnc2SCCOc2cccc(C#N)c2)c1. The maximum atomic E-state index is 11.2. The van der Waals surface area contributed by atoms with Gasteiger partial charge in [-0.05, 0) is 36.4 Å². The largest absolute Gasteiger partial charge is 0.493 e. The van der Waals surface area contributed by atoms with Crippen LogP contribution in [0.15, 0.2) is 60.0 Å². The predicted molar refractivity (Wildman–Crippen MR) is 103 cm³/mol. The molecule has 1 heterocycles. The maximum absolute atomic E-state index is 11.2. The van der Waals surface area contributed by atoms with Crippen LogP contribution in [-0.4, -0.2) is 33.0 Å². The zero-order chi connectivity index (χ0) is 19.1. The molecule has 0 aliphatic carbocycles. The van der Waals surface area contributed by atoms with E-state index in [-0.39, 0.29) is 5.91 Å². The summed E-state index contributed by atoms with van der Waals surface area (Å²) < 4.78 is 7.53. The lowest BCUT2D eigenvalue weighted by Crippen LogP contribution is -2.06. The van der Waals surface area contributed by atoms with Gasteiger partial charge in [-0.25, -0.2) is 0 Å². The number of amides is 1. The Hall–Kier alpha value is -3.31. The van der Waals surface area contributed by atoms with E-state index in [1.165, 1.54) is 18.7 Å². The minimum Gasteiger partial charge on any atom is -0.493 e. The van der Waals surface area contributed by atoms with E-state index in [9.17, 15) is 4.79 Å². The number of rotatable bonds is 7. The van der Waals surface area contributed by atoms with Gasteiger partial charge in [-0.1, -0.05) is 23.9 Å². The van der Waals surface area contributed by atoms with Crippen LogP contribution in [0.5, 0.6) is 5.75 Å². The standard InChI is InChI=1S/C19H17N5O2S/c1-14(25)22-16-5-3-6-17(11-16)24-13-21-23-19(24)27-9-8-26-18-7-2-4-15(10-18)12-20/h2-7,10-11,13H,8-9H2,1H3,(H,22,25). The van der Waals surface area contributed by atoms with Crippen LogP contribution in [0.3, 0.4) is 0 Å². The smallest absolute Gasteiger partial charge is 0.221 e. The Kier molecular flexibility index (Phi) is 6.07. The number of nitrogens with zero attached hydrogens (tertiary/aromatic N) is 4. The molecule has 0 unspecified atom stereocenters. The predicted octanol–water partition coefficient (Wildman–Crippen LogP) is 3.27. The average Bonchev–Trinajstić information content (AvgIpc) is 3.14. The fourth-order valence-corrected chi connectivity index (χ4v) is 3.13. The summed E-state index contributed by atoms with van der Waals surface area (Å²) in [5, 5.41) is 20.5. The molecule has 1 N–H and O–H groups in total. The number of thioether (sulfide) groups is 1. The van der Waals surface area contributed by atoms with Gasteiger partial charge in [0.1, 0.15) is 12.1 Å². The van der Waals surface area contributed by atoms with Gasteiger partial charge in [0.15, 0.2) is 5.16 Å². The molecule has 0 saturated carbocycles. The molecule has 0 fully saturated rings. The maximum Gasteiger partial charge on any atom is 0.221 e. The number of nitrogens with one attached hydrogen (secondary N) is 1. The quantitative estimate of drug-likeness (QED) is 0.500. The number of aromatic nitrogens is 3. The lowest BCUT2D eigenvalue weighted by Gasteiger charge is -2.09. The number of hydrogen-bond donors (Lipinski definition) is 1. The summed E-state index contributed by atoms with van der Waals surface area (Å²) in [4.78, 5) is 11.2. The van der Waals surface area contributed by atoms with E-state index in [2.05, 4.69) is 21.6 Å². The molecule has 0 spiro atoms. The van der Waals surface area contributed by atoms with E-state index in [4.69, 9.17) is 10.00 Å². The normalized spacial score (nSPS) is 10.2. The molecule has 8 heteroatoms. The number of hydrogen-bond acceptors (Lipinski definition) is 6. The third kappa shape index (κ3) is 5.09. The molecular weight excluding hydrogens is 362 g/mol. The van der Waals surface area contributed by atoms with Gasteiger partial charge in [-0.2, -0.15) is 5.26 Å². The van der Waals surface area contributed by atoms with Crippen LogP contribution >= 0.6 is 11.8 Å². The van der Waals surface area contributed by atoms with Crippen molar-refractivity contribution in [2.24, 2.45) is 0 Å². The molecule has 1 amide bonds. The van der Waals surface area contributed by atoms with Gasteiger partial charge < -0.3 is 10.1 Å². The number of nitriles is 1. The van der Waals surface area contributed by atoms with Crippen molar-refractivity contribution < 1.29 is 9.53 Å². The van der Waals surface area contributed by atoms with Crippen molar-refractivity contribution >= 4 is 23.4 Å². The highest BCUT2D eigenvalue weighted by molar-refractivity contribution is 7.99. The highest BCUT2D eigenvalue weighted by atomic mass is 32.2. The van der Waals surface area contributed by atoms with E-state index in [1.807, 2.05) is 34.9 Å². The Morgan fingerprint density at radius 1 is 1.30 bits per heavy atom. The Labute approximate surface area is 161 Å². The van der Waals surface area contributed by atoms with E-state index in [0.29, 0.717) is 29.4 Å². The fraction of sp³-hybridized carbons (Fsp3) is 0.158. The molecule has 3 rings (SSSR count). The summed E-state index contributed by atoms with van der Waals surface area (Å²) in [6.07, 6.45) is 1.63. The zero-order valence-electron chi connectivity index (χ0n) is 14.6. The molecule has 1 aromatic heterocycles. The van der Waals surface area contributed by atoms with Crippen LogP contribution in [0.4, 0.5) is 5.69 Å². The zero-order valence-corrected chi connectivity index (χ0v) is 15.4. The molecule has 27 heavy (non-hydrogen) atoms. The first-order valence-corrected chi connectivity index (χ1v) is 9.18. The van der Waals surface area contributed by atoms with Crippen molar-refractivity contribution in [1.29, 1.82) is 5.26 Å². The fourth-order valence-electron chi connectivity index (χ4n) is 2.38. The van der Waals surface area contributed by atoms with Crippen molar-refractivity contribution in [3.05, 3.63) is 60.4 Å². The summed E-state index contributed by atoms with van der Waals surface area (Å²) in [5.74, 6) is 1.21. The van der Waals surface area contributed by atoms with Crippen LogP contribution in [0, 0.1) is 11.3 Å². The molecule has 7 nitrogen and oxygen atoms in total. The lowest BCUT2D eigenvalue weighted by atomic mass is 10.2. The lowest BCUT2D eigenvalue weighted by molar-refractivity contribution is -0.114. The Morgan fingerprint density at radius 3 is 2.96 bits per heavy atom. The molecular formula is C19H17N5O2S. The molecule has 0 aliphatic rings. The Morgan fingerprint density at radius 2 is 2.15 bits per heavy atom. The molecule has 0 saturated heterocycles.